The third-order valence-corrected chi connectivity index (χ3v) is 5.25. The van der Waals surface area contributed by atoms with Crippen molar-refractivity contribution in [2.75, 3.05) is 23.8 Å². The second-order valence-corrected chi connectivity index (χ2v) is 8.43. The first-order chi connectivity index (χ1) is 16.1. The molecule has 0 heterocycles. The Bertz CT molecular complexity index is 1240. The number of carbonyl (C=O) groups excluding carboxylic acids is 2. The number of amides is 2. The van der Waals surface area contributed by atoms with Crippen molar-refractivity contribution in [3.8, 4) is 11.1 Å². The van der Waals surface area contributed by atoms with Crippen LogP contribution in [-0.2, 0) is 14.3 Å². The number of aromatic carboxylic acids is 1. The largest absolute Gasteiger partial charge is 0.478 e. The number of carboxylic acids is 1. The molecule has 0 bridgehead atoms. The van der Waals surface area contributed by atoms with E-state index in [-0.39, 0.29) is 22.9 Å². The van der Waals surface area contributed by atoms with E-state index in [0.717, 1.165) is 27.8 Å². The first-order valence-corrected chi connectivity index (χ1v) is 10.9. The van der Waals surface area contributed by atoms with Gasteiger partial charge >= 0.3 is 5.97 Å². The molecule has 0 fully saturated rings. The lowest BCUT2D eigenvalue weighted by Crippen LogP contribution is -2.24. The first-order valence-electron chi connectivity index (χ1n) is 10.5. The summed E-state index contributed by atoms with van der Waals surface area (Å²) < 4.78 is 5.21. The normalized spacial score (nSPS) is 10.6. The minimum atomic E-state index is -1.23. The smallest absolute Gasteiger partial charge is 0.337 e. The lowest BCUT2D eigenvalue weighted by atomic mass is 9.99. The molecule has 0 aliphatic carbocycles. The molecule has 176 valence electrons. The molecule has 2 amide bonds. The lowest BCUT2D eigenvalue weighted by molar-refractivity contribution is -0.125. The molecule has 0 saturated carbocycles. The molecular formula is C26H25ClN2O5. The van der Waals surface area contributed by atoms with Crippen LogP contribution in [0.1, 0.15) is 27.0 Å². The summed E-state index contributed by atoms with van der Waals surface area (Å²) in [6.07, 6.45) is 0. The van der Waals surface area contributed by atoms with Crippen LogP contribution < -0.4 is 10.6 Å². The highest BCUT2D eigenvalue weighted by atomic mass is 35.5. The Balaban J connectivity index is 1.57. The fourth-order valence-corrected chi connectivity index (χ4v) is 3.66. The molecule has 3 rings (SSSR count). The minimum Gasteiger partial charge on any atom is -0.478 e. The number of hydrogen-bond acceptors (Lipinski definition) is 4. The fourth-order valence-electron chi connectivity index (χ4n) is 3.49. The van der Waals surface area contributed by atoms with E-state index in [1.807, 2.05) is 39.0 Å². The molecule has 0 spiro atoms. The molecule has 3 N–H and O–H groups in total. The molecule has 34 heavy (non-hydrogen) atoms. The molecule has 0 radical (unpaired) electrons. The second-order valence-electron chi connectivity index (χ2n) is 7.99. The molecule has 0 atom stereocenters. The molecule has 0 unspecified atom stereocenters. The number of carbonyl (C=O) groups is 3. The summed E-state index contributed by atoms with van der Waals surface area (Å²) in [5, 5.41) is 14.7. The van der Waals surface area contributed by atoms with Gasteiger partial charge in [-0.3, -0.25) is 9.59 Å². The van der Waals surface area contributed by atoms with Gasteiger partial charge in [0.25, 0.3) is 0 Å². The van der Waals surface area contributed by atoms with Crippen molar-refractivity contribution in [1.29, 1.82) is 0 Å². The highest BCUT2D eigenvalue weighted by molar-refractivity contribution is 6.31. The molecule has 3 aromatic rings. The third-order valence-electron chi connectivity index (χ3n) is 5.02. The maximum atomic E-state index is 12.4. The van der Waals surface area contributed by atoms with Crippen molar-refractivity contribution in [2.45, 2.75) is 20.8 Å². The summed E-state index contributed by atoms with van der Waals surface area (Å²) in [7, 11) is 0. The Morgan fingerprint density at radius 2 is 1.41 bits per heavy atom. The van der Waals surface area contributed by atoms with E-state index in [2.05, 4.69) is 28.8 Å². The van der Waals surface area contributed by atoms with Crippen molar-refractivity contribution in [1.82, 2.24) is 0 Å². The quantitative estimate of drug-likeness (QED) is 0.409. The third kappa shape index (κ3) is 6.66. The topological polar surface area (TPSA) is 105 Å². The van der Waals surface area contributed by atoms with E-state index in [9.17, 15) is 19.5 Å². The van der Waals surface area contributed by atoms with E-state index in [4.69, 9.17) is 16.3 Å². The van der Waals surface area contributed by atoms with Crippen LogP contribution in [0.4, 0.5) is 11.4 Å². The SMILES string of the molecule is Cc1cc(C)cc(-c2ccc(C)c(NC(=O)COCC(=O)Nc3ccc(Cl)cc3C(=O)O)c2)c1. The summed E-state index contributed by atoms with van der Waals surface area (Å²) >= 11 is 5.81. The van der Waals surface area contributed by atoms with Crippen LogP contribution >= 0.6 is 11.6 Å². The maximum absolute atomic E-state index is 12.4. The summed E-state index contributed by atoms with van der Waals surface area (Å²) in [5.74, 6) is -2.23. The molecule has 8 heteroatoms. The average Bonchev–Trinajstić information content (AvgIpc) is 2.75. The summed E-state index contributed by atoms with van der Waals surface area (Å²) in [6, 6.07) is 16.2. The Hall–Kier alpha value is -3.68. The molecule has 7 nitrogen and oxygen atoms in total. The van der Waals surface area contributed by atoms with Gasteiger partial charge < -0.3 is 20.5 Å². The van der Waals surface area contributed by atoms with Crippen LogP contribution in [0.25, 0.3) is 11.1 Å². The number of carboxylic acid groups (broad SMARTS) is 1. The van der Waals surface area contributed by atoms with Crippen molar-refractivity contribution < 1.29 is 24.2 Å². The monoisotopic (exact) mass is 480 g/mol. The predicted octanol–water partition coefficient (Wildman–Crippen LogP) is 5.22. The molecule has 0 aliphatic rings. The van der Waals surface area contributed by atoms with Crippen LogP contribution in [0.2, 0.25) is 5.02 Å². The summed E-state index contributed by atoms with van der Waals surface area (Å²) in [4.78, 5) is 35.8. The second kappa shape index (κ2) is 11.0. The van der Waals surface area contributed by atoms with E-state index in [1.165, 1.54) is 18.2 Å². The maximum Gasteiger partial charge on any atom is 0.337 e. The minimum absolute atomic E-state index is 0.0915. The van der Waals surface area contributed by atoms with E-state index < -0.39 is 24.4 Å². The Morgan fingerprint density at radius 3 is 2.03 bits per heavy atom. The van der Waals surface area contributed by atoms with Gasteiger partial charge in [0, 0.05) is 10.7 Å². The van der Waals surface area contributed by atoms with Crippen LogP contribution in [0.15, 0.2) is 54.6 Å². The summed E-state index contributed by atoms with van der Waals surface area (Å²) in [6.45, 7) is 5.21. The molecule has 0 saturated heterocycles. The van der Waals surface area contributed by atoms with E-state index in [1.54, 1.807) is 0 Å². The zero-order valence-electron chi connectivity index (χ0n) is 19.1. The van der Waals surface area contributed by atoms with Gasteiger partial charge in [-0.1, -0.05) is 53.1 Å². The summed E-state index contributed by atoms with van der Waals surface area (Å²) in [5.41, 5.74) is 5.84. The van der Waals surface area contributed by atoms with Crippen molar-refractivity contribution in [3.05, 3.63) is 81.9 Å². The number of anilines is 2. The number of ether oxygens (including phenoxy) is 1. The highest BCUT2D eigenvalue weighted by Gasteiger charge is 2.14. The number of aryl methyl sites for hydroxylation is 3. The van der Waals surface area contributed by atoms with Crippen LogP contribution in [0, 0.1) is 20.8 Å². The van der Waals surface area contributed by atoms with Crippen molar-refractivity contribution in [2.24, 2.45) is 0 Å². The number of halogens is 1. The molecule has 0 aromatic heterocycles. The van der Waals surface area contributed by atoms with Crippen molar-refractivity contribution >= 4 is 40.8 Å². The average molecular weight is 481 g/mol. The Kier molecular flexibility index (Phi) is 8.04. The standard InChI is InChI=1S/C26H25ClN2O5/c1-15-8-16(2)10-19(9-15)18-5-4-17(3)23(11-18)29-25(31)14-34-13-24(30)28-22-7-6-20(27)12-21(22)26(32)33/h4-12H,13-14H2,1-3H3,(H,28,30)(H,29,31)(H,32,33). The van der Waals surface area contributed by atoms with Crippen LogP contribution in [0.3, 0.4) is 0 Å². The lowest BCUT2D eigenvalue weighted by Gasteiger charge is -2.12. The number of benzene rings is 3. The van der Waals surface area contributed by atoms with Crippen molar-refractivity contribution in [3.63, 3.8) is 0 Å². The zero-order chi connectivity index (χ0) is 24.8. The van der Waals surface area contributed by atoms with Gasteiger partial charge in [-0.15, -0.1) is 0 Å². The fraction of sp³-hybridized carbons (Fsp3) is 0.192. The van der Waals surface area contributed by atoms with Gasteiger partial charge in [-0.25, -0.2) is 4.79 Å². The van der Waals surface area contributed by atoms with Gasteiger partial charge in [-0.2, -0.15) is 0 Å². The van der Waals surface area contributed by atoms with Crippen LogP contribution in [0.5, 0.6) is 0 Å². The van der Waals surface area contributed by atoms with Gasteiger partial charge in [-0.05, 0) is 61.7 Å². The molecule has 0 aliphatic heterocycles. The number of hydrogen-bond donors (Lipinski definition) is 3. The number of nitrogens with one attached hydrogen (secondary N) is 2. The number of rotatable bonds is 8. The Morgan fingerprint density at radius 1 is 0.794 bits per heavy atom. The van der Waals surface area contributed by atoms with E-state index >= 15 is 0 Å². The molecule has 3 aromatic carbocycles. The zero-order valence-corrected chi connectivity index (χ0v) is 19.8. The van der Waals surface area contributed by atoms with Gasteiger partial charge in [0.05, 0.1) is 11.3 Å². The Labute approximate surface area is 202 Å². The van der Waals surface area contributed by atoms with Gasteiger partial charge in [0.2, 0.25) is 11.8 Å². The van der Waals surface area contributed by atoms with Gasteiger partial charge in [0.1, 0.15) is 13.2 Å². The highest BCUT2D eigenvalue weighted by Crippen LogP contribution is 2.27. The first kappa shape index (κ1) is 25.0. The van der Waals surface area contributed by atoms with Crippen LogP contribution in [-0.4, -0.2) is 36.1 Å². The predicted molar refractivity (Wildman–Crippen MR) is 133 cm³/mol. The molecular weight excluding hydrogens is 456 g/mol. The van der Waals surface area contributed by atoms with Gasteiger partial charge in [0.15, 0.2) is 0 Å². The van der Waals surface area contributed by atoms with E-state index in [0.29, 0.717) is 5.69 Å².